The Morgan fingerprint density at radius 3 is 2.71 bits per heavy atom. The van der Waals surface area contributed by atoms with E-state index in [1.165, 1.54) is 5.56 Å². The van der Waals surface area contributed by atoms with Crippen LogP contribution in [0, 0.1) is 0 Å². The van der Waals surface area contributed by atoms with Gasteiger partial charge in [-0.25, -0.2) is 0 Å². The summed E-state index contributed by atoms with van der Waals surface area (Å²) in [5, 5.41) is 6.25. The lowest BCUT2D eigenvalue weighted by molar-refractivity contribution is 0.0953. The Morgan fingerprint density at radius 1 is 1.14 bits per heavy atom. The molecule has 1 aromatic carbocycles. The van der Waals surface area contributed by atoms with Crippen LogP contribution in [-0.2, 0) is 6.54 Å². The fraction of sp³-hybridized carbons (Fsp3) is 0.250. The molecule has 0 saturated heterocycles. The van der Waals surface area contributed by atoms with E-state index in [4.69, 9.17) is 0 Å². The summed E-state index contributed by atoms with van der Waals surface area (Å²) in [5.74, 6) is -0.0366. The van der Waals surface area contributed by atoms with Gasteiger partial charge in [0, 0.05) is 35.5 Å². The Labute approximate surface area is 133 Å². The number of aromatic nitrogens is 1. The summed E-state index contributed by atoms with van der Waals surface area (Å²) in [6.07, 6.45) is 4.47. The third kappa shape index (κ3) is 5.65. The third-order valence-electron chi connectivity index (χ3n) is 2.98. The van der Waals surface area contributed by atoms with Crippen molar-refractivity contribution >= 4 is 21.8 Å². The third-order valence-corrected chi connectivity index (χ3v) is 3.47. The van der Waals surface area contributed by atoms with Crippen molar-refractivity contribution in [3.63, 3.8) is 0 Å². The maximum absolute atomic E-state index is 11.9. The van der Waals surface area contributed by atoms with Gasteiger partial charge in [-0.2, -0.15) is 0 Å². The number of pyridine rings is 1. The van der Waals surface area contributed by atoms with Crippen LogP contribution in [0.1, 0.15) is 22.3 Å². The molecule has 4 nitrogen and oxygen atoms in total. The number of hydrogen-bond donors (Lipinski definition) is 2. The minimum atomic E-state index is -0.0366. The summed E-state index contributed by atoms with van der Waals surface area (Å²) in [7, 11) is 0. The maximum Gasteiger partial charge on any atom is 0.251 e. The predicted octanol–water partition coefficient (Wildman–Crippen LogP) is 2.75. The average molecular weight is 348 g/mol. The van der Waals surface area contributed by atoms with Crippen LogP contribution in [0.15, 0.2) is 53.3 Å². The Morgan fingerprint density at radius 2 is 1.95 bits per heavy atom. The molecular weight excluding hydrogens is 330 g/mol. The van der Waals surface area contributed by atoms with Crippen molar-refractivity contribution in [1.82, 2.24) is 15.6 Å². The van der Waals surface area contributed by atoms with E-state index in [1.807, 2.05) is 36.4 Å². The van der Waals surface area contributed by atoms with Crippen molar-refractivity contribution in [2.75, 3.05) is 13.1 Å². The summed E-state index contributed by atoms with van der Waals surface area (Å²) >= 11 is 3.36. The zero-order chi connectivity index (χ0) is 14.9. The van der Waals surface area contributed by atoms with Crippen LogP contribution >= 0.6 is 15.9 Å². The zero-order valence-electron chi connectivity index (χ0n) is 11.7. The number of halogens is 1. The van der Waals surface area contributed by atoms with Crippen molar-refractivity contribution in [1.29, 1.82) is 0 Å². The molecule has 0 spiro atoms. The summed E-state index contributed by atoms with van der Waals surface area (Å²) in [6, 6.07) is 11.4. The Hall–Kier alpha value is -1.72. The molecule has 0 aliphatic carbocycles. The van der Waals surface area contributed by atoms with Gasteiger partial charge in [0.25, 0.3) is 5.91 Å². The Bertz CT molecular complexity index is 575. The van der Waals surface area contributed by atoms with E-state index >= 15 is 0 Å². The molecule has 0 fully saturated rings. The molecule has 0 unspecified atom stereocenters. The van der Waals surface area contributed by atoms with Gasteiger partial charge in [-0.05, 0) is 48.9 Å². The molecule has 21 heavy (non-hydrogen) atoms. The number of benzene rings is 1. The van der Waals surface area contributed by atoms with Crippen LogP contribution in [0.5, 0.6) is 0 Å². The molecule has 2 aromatic rings. The molecule has 1 aromatic heterocycles. The van der Waals surface area contributed by atoms with E-state index < -0.39 is 0 Å². The molecule has 0 radical (unpaired) electrons. The summed E-state index contributed by atoms with van der Waals surface area (Å²) < 4.78 is 0.911. The largest absolute Gasteiger partial charge is 0.352 e. The zero-order valence-corrected chi connectivity index (χ0v) is 13.3. The number of hydrogen-bond acceptors (Lipinski definition) is 3. The normalized spacial score (nSPS) is 10.3. The minimum Gasteiger partial charge on any atom is -0.352 e. The summed E-state index contributed by atoms with van der Waals surface area (Å²) in [6.45, 7) is 2.35. The number of rotatable bonds is 7. The molecule has 110 valence electrons. The molecule has 2 rings (SSSR count). The van der Waals surface area contributed by atoms with Crippen molar-refractivity contribution in [3.8, 4) is 0 Å². The van der Waals surface area contributed by atoms with E-state index in [1.54, 1.807) is 12.4 Å². The van der Waals surface area contributed by atoms with Crippen molar-refractivity contribution < 1.29 is 4.79 Å². The molecule has 1 heterocycles. The van der Waals surface area contributed by atoms with Gasteiger partial charge in [0.05, 0.1) is 0 Å². The molecule has 1 amide bonds. The van der Waals surface area contributed by atoms with Gasteiger partial charge in [0.2, 0.25) is 0 Å². The first-order valence-electron chi connectivity index (χ1n) is 6.89. The number of amides is 1. The van der Waals surface area contributed by atoms with Gasteiger partial charge in [-0.15, -0.1) is 0 Å². The summed E-state index contributed by atoms with van der Waals surface area (Å²) in [4.78, 5) is 15.9. The smallest absolute Gasteiger partial charge is 0.251 e. The van der Waals surface area contributed by atoms with Crippen molar-refractivity contribution in [3.05, 3.63) is 64.4 Å². The highest BCUT2D eigenvalue weighted by atomic mass is 79.9. The van der Waals surface area contributed by atoms with E-state index in [-0.39, 0.29) is 5.91 Å². The molecule has 0 saturated carbocycles. The molecule has 0 aliphatic heterocycles. The molecular formula is C16H18BrN3O. The maximum atomic E-state index is 11.9. The first-order valence-corrected chi connectivity index (χ1v) is 7.68. The van der Waals surface area contributed by atoms with E-state index in [0.717, 1.165) is 24.0 Å². The molecule has 0 atom stereocenters. The number of nitrogens with one attached hydrogen (secondary N) is 2. The Kier molecular flexibility index (Phi) is 6.37. The van der Waals surface area contributed by atoms with Gasteiger partial charge < -0.3 is 10.6 Å². The topological polar surface area (TPSA) is 54.0 Å². The first kappa shape index (κ1) is 15.7. The summed E-state index contributed by atoms with van der Waals surface area (Å²) in [5.41, 5.74) is 1.89. The molecule has 5 heteroatoms. The SMILES string of the molecule is O=C(NCCCNCc1ccncc1)c1cccc(Br)c1. The highest BCUT2D eigenvalue weighted by Gasteiger charge is 2.04. The van der Waals surface area contributed by atoms with Crippen LogP contribution in [0.2, 0.25) is 0 Å². The van der Waals surface area contributed by atoms with Crippen LogP contribution < -0.4 is 10.6 Å². The van der Waals surface area contributed by atoms with Crippen LogP contribution in [0.4, 0.5) is 0 Å². The number of carbonyl (C=O) groups excluding carboxylic acids is 1. The minimum absolute atomic E-state index is 0.0366. The van der Waals surface area contributed by atoms with Crippen molar-refractivity contribution in [2.24, 2.45) is 0 Å². The lowest BCUT2D eigenvalue weighted by Crippen LogP contribution is -2.27. The fourth-order valence-corrected chi connectivity index (χ4v) is 2.28. The van der Waals surface area contributed by atoms with E-state index in [9.17, 15) is 4.79 Å². The average Bonchev–Trinajstić information content (AvgIpc) is 2.51. The second-order valence-corrected chi connectivity index (χ2v) is 5.57. The second kappa shape index (κ2) is 8.54. The standard InChI is InChI=1S/C16H18BrN3O/c17-15-4-1-3-14(11-15)16(21)20-8-2-7-19-12-13-5-9-18-10-6-13/h1,3-6,9-11,19H,2,7-8,12H2,(H,20,21). The Balaban J connectivity index is 1.60. The fourth-order valence-electron chi connectivity index (χ4n) is 1.88. The van der Waals surface area contributed by atoms with Crippen LogP contribution in [-0.4, -0.2) is 24.0 Å². The second-order valence-electron chi connectivity index (χ2n) is 4.65. The van der Waals surface area contributed by atoms with E-state index in [0.29, 0.717) is 12.1 Å². The lowest BCUT2D eigenvalue weighted by atomic mass is 10.2. The number of carbonyl (C=O) groups is 1. The lowest BCUT2D eigenvalue weighted by Gasteiger charge is -2.07. The molecule has 2 N–H and O–H groups in total. The van der Waals surface area contributed by atoms with Crippen LogP contribution in [0.25, 0.3) is 0 Å². The number of nitrogens with zero attached hydrogens (tertiary/aromatic N) is 1. The van der Waals surface area contributed by atoms with Gasteiger partial charge in [-0.3, -0.25) is 9.78 Å². The predicted molar refractivity (Wildman–Crippen MR) is 87.0 cm³/mol. The van der Waals surface area contributed by atoms with Crippen molar-refractivity contribution in [2.45, 2.75) is 13.0 Å². The van der Waals surface area contributed by atoms with Gasteiger partial charge in [0.15, 0.2) is 0 Å². The molecule has 0 aliphatic rings. The van der Waals surface area contributed by atoms with Gasteiger partial charge in [-0.1, -0.05) is 22.0 Å². The van der Waals surface area contributed by atoms with Gasteiger partial charge >= 0.3 is 0 Å². The molecule has 0 bridgehead atoms. The first-order chi connectivity index (χ1) is 10.3. The highest BCUT2D eigenvalue weighted by molar-refractivity contribution is 9.10. The monoisotopic (exact) mass is 347 g/mol. The van der Waals surface area contributed by atoms with Gasteiger partial charge in [0.1, 0.15) is 0 Å². The highest BCUT2D eigenvalue weighted by Crippen LogP contribution is 2.11. The quantitative estimate of drug-likeness (QED) is 0.757. The van der Waals surface area contributed by atoms with E-state index in [2.05, 4.69) is 31.5 Å². The van der Waals surface area contributed by atoms with Crippen LogP contribution in [0.3, 0.4) is 0 Å².